The summed E-state index contributed by atoms with van der Waals surface area (Å²) in [6, 6.07) is 1.72. The van der Waals surface area contributed by atoms with Gasteiger partial charge in [0.1, 0.15) is 0 Å². The first-order valence-electron chi connectivity index (χ1n) is 6.84. The first kappa shape index (κ1) is 15.1. The van der Waals surface area contributed by atoms with Crippen LogP contribution >= 0.6 is 11.8 Å². The van der Waals surface area contributed by atoms with Gasteiger partial charge >= 0.3 is 5.97 Å². The molecule has 6 heteroatoms. The number of hydrogen-bond donors (Lipinski definition) is 1. The number of hydrogen-bond acceptors (Lipinski definition) is 4. The van der Waals surface area contributed by atoms with Crippen molar-refractivity contribution in [2.24, 2.45) is 5.41 Å². The molecule has 1 atom stereocenters. The lowest BCUT2D eigenvalue weighted by Gasteiger charge is -2.40. The summed E-state index contributed by atoms with van der Waals surface area (Å²) in [5.74, 6) is -0.980. The van der Waals surface area contributed by atoms with E-state index in [1.807, 2.05) is 4.57 Å². The van der Waals surface area contributed by atoms with E-state index in [2.05, 4.69) is 18.8 Å². The lowest BCUT2D eigenvalue weighted by Crippen LogP contribution is -2.32. The molecule has 1 aromatic heterocycles. The maximum atomic E-state index is 11.4. The van der Waals surface area contributed by atoms with Crippen LogP contribution in [0.15, 0.2) is 22.2 Å². The average Bonchev–Trinajstić information content (AvgIpc) is 2.37. The normalized spacial score (nSPS) is 21.6. The third-order valence-electron chi connectivity index (χ3n) is 3.92. The maximum Gasteiger partial charge on any atom is 0.313 e. The number of nitrogens with zero attached hydrogens (tertiary/aromatic N) is 2. The van der Waals surface area contributed by atoms with Gasteiger partial charge in [0.15, 0.2) is 5.16 Å². The van der Waals surface area contributed by atoms with Gasteiger partial charge in [-0.05, 0) is 18.3 Å². The van der Waals surface area contributed by atoms with E-state index in [-0.39, 0.29) is 22.8 Å². The van der Waals surface area contributed by atoms with Crippen molar-refractivity contribution in [3.05, 3.63) is 22.6 Å². The Morgan fingerprint density at radius 3 is 2.95 bits per heavy atom. The Bertz CT molecular complexity index is 554. The molecule has 1 heterocycles. The van der Waals surface area contributed by atoms with Gasteiger partial charge in [0, 0.05) is 18.3 Å². The number of carboxylic acids is 1. The fraction of sp³-hybridized carbons (Fsp3) is 0.643. The summed E-state index contributed by atoms with van der Waals surface area (Å²) in [7, 11) is 0. The molecule has 0 amide bonds. The summed E-state index contributed by atoms with van der Waals surface area (Å²) in [5.41, 5.74) is -0.184. The molecule has 0 aromatic carbocycles. The topological polar surface area (TPSA) is 72.2 Å². The van der Waals surface area contributed by atoms with Crippen molar-refractivity contribution >= 4 is 17.7 Å². The summed E-state index contributed by atoms with van der Waals surface area (Å²) in [6.07, 6.45) is 6.31. The fourth-order valence-electron chi connectivity index (χ4n) is 2.86. The van der Waals surface area contributed by atoms with Crippen LogP contribution in [-0.4, -0.2) is 26.4 Å². The molecule has 1 unspecified atom stereocenters. The lowest BCUT2D eigenvalue weighted by molar-refractivity contribution is -0.133. The molecular weight excluding hydrogens is 276 g/mol. The van der Waals surface area contributed by atoms with Gasteiger partial charge in [-0.15, -0.1) is 0 Å². The van der Waals surface area contributed by atoms with Gasteiger partial charge in [0.25, 0.3) is 5.56 Å². The van der Waals surface area contributed by atoms with Crippen molar-refractivity contribution < 1.29 is 9.90 Å². The second-order valence-electron chi connectivity index (χ2n) is 5.89. The second-order valence-corrected chi connectivity index (χ2v) is 6.83. The van der Waals surface area contributed by atoms with Gasteiger partial charge in [0.05, 0.1) is 5.75 Å². The molecule has 0 radical (unpaired) electrons. The maximum absolute atomic E-state index is 11.4. The van der Waals surface area contributed by atoms with E-state index in [9.17, 15) is 9.59 Å². The van der Waals surface area contributed by atoms with Gasteiger partial charge in [-0.3, -0.25) is 9.59 Å². The second kappa shape index (κ2) is 5.99. The molecule has 1 aromatic rings. The van der Waals surface area contributed by atoms with Crippen molar-refractivity contribution in [1.82, 2.24) is 9.55 Å². The molecule has 2 rings (SSSR count). The first-order chi connectivity index (χ1) is 9.40. The van der Waals surface area contributed by atoms with E-state index < -0.39 is 5.97 Å². The SMILES string of the molecule is CC1(C)CCCCC1n1ccc(=O)nc1SCC(=O)O. The summed E-state index contributed by atoms with van der Waals surface area (Å²) >= 11 is 1.12. The highest BCUT2D eigenvalue weighted by Crippen LogP contribution is 2.44. The quantitative estimate of drug-likeness (QED) is 0.683. The Balaban J connectivity index is 2.34. The Hall–Kier alpha value is -1.30. The molecule has 1 fully saturated rings. The smallest absolute Gasteiger partial charge is 0.313 e. The number of carboxylic acid groups (broad SMARTS) is 1. The summed E-state index contributed by atoms with van der Waals surface area (Å²) in [4.78, 5) is 26.2. The molecule has 0 bridgehead atoms. The Kier molecular flexibility index (Phi) is 4.52. The number of aliphatic carboxylic acids is 1. The Morgan fingerprint density at radius 2 is 2.30 bits per heavy atom. The van der Waals surface area contributed by atoms with E-state index in [1.54, 1.807) is 6.20 Å². The third kappa shape index (κ3) is 3.42. The zero-order chi connectivity index (χ0) is 14.8. The Morgan fingerprint density at radius 1 is 1.55 bits per heavy atom. The van der Waals surface area contributed by atoms with Gasteiger partial charge in [0.2, 0.25) is 0 Å². The molecule has 5 nitrogen and oxygen atoms in total. The minimum atomic E-state index is -0.900. The van der Waals surface area contributed by atoms with Crippen LogP contribution in [0.25, 0.3) is 0 Å². The van der Waals surface area contributed by atoms with Crippen molar-refractivity contribution in [1.29, 1.82) is 0 Å². The molecule has 1 aliphatic carbocycles. The summed E-state index contributed by atoms with van der Waals surface area (Å²) < 4.78 is 1.99. The van der Waals surface area contributed by atoms with Crippen LogP contribution in [0.5, 0.6) is 0 Å². The molecule has 1 N–H and O–H groups in total. The average molecular weight is 296 g/mol. The highest BCUT2D eigenvalue weighted by molar-refractivity contribution is 7.99. The molecule has 20 heavy (non-hydrogen) atoms. The van der Waals surface area contributed by atoms with E-state index in [0.29, 0.717) is 5.16 Å². The number of carbonyl (C=O) groups is 1. The number of thioether (sulfide) groups is 1. The van der Waals surface area contributed by atoms with Crippen LogP contribution in [-0.2, 0) is 4.79 Å². The van der Waals surface area contributed by atoms with Crippen LogP contribution in [0.1, 0.15) is 45.6 Å². The van der Waals surface area contributed by atoms with Crippen molar-refractivity contribution in [2.45, 2.75) is 50.7 Å². The van der Waals surface area contributed by atoms with Crippen LogP contribution in [0, 0.1) is 5.41 Å². The molecule has 110 valence electrons. The summed E-state index contributed by atoms with van der Waals surface area (Å²) in [5, 5.41) is 9.33. The fourth-order valence-corrected chi connectivity index (χ4v) is 3.60. The summed E-state index contributed by atoms with van der Waals surface area (Å²) in [6.45, 7) is 4.45. The number of rotatable bonds is 4. The van der Waals surface area contributed by atoms with Crippen LogP contribution < -0.4 is 5.56 Å². The third-order valence-corrected chi connectivity index (χ3v) is 4.87. The van der Waals surface area contributed by atoms with Crippen molar-refractivity contribution in [2.75, 3.05) is 5.75 Å². The molecule has 0 aliphatic heterocycles. The predicted octanol–water partition coefficient (Wildman–Crippen LogP) is 2.56. The monoisotopic (exact) mass is 296 g/mol. The first-order valence-corrected chi connectivity index (χ1v) is 7.82. The van der Waals surface area contributed by atoms with Crippen LogP contribution in [0.4, 0.5) is 0 Å². The van der Waals surface area contributed by atoms with Crippen molar-refractivity contribution in [3.63, 3.8) is 0 Å². The molecular formula is C14H20N2O3S. The largest absolute Gasteiger partial charge is 0.481 e. The van der Waals surface area contributed by atoms with Crippen LogP contribution in [0.2, 0.25) is 0 Å². The minimum Gasteiger partial charge on any atom is -0.481 e. The molecule has 1 saturated carbocycles. The highest BCUT2D eigenvalue weighted by Gasteiger charge is 2.34. The standard InChI is InChI=1S/C14H20N2O3S/c1-14(2)7-4-3-5-10(14)16-8-6-11(17)15-13(16)20-9-12(18)19/h6,8,10H,3-5,7,9H2,1-2H3,(H,18,19). The van der Waals surface area contributed by atoms with Gasteiger partial charge < -0.3 is 9.67 Å². The highest BCUT2D eigenvalue weighted by atomic mass is 32.2. The minimum absolute atomic E-state index is 0.0798. The van der Waals surface area contributed by atoms with E-state index >= 15 is 0 Å². The van der Waals surface area contributed by atoms with E-state index in [1.165, 1.54) is 12.5 Å². The molecule has 0 saturated heterocycles. The van der Waals surface area contributed by atoms with Crippen molar-refractivity contribution in [3.8, 4) is 0 Å². The zero-order valence-electron chi connectivity index (χ0n) is 11.8. The van der Waals surface area contributed by atoms with Gasteiger partial charge in [-0.1, -0.05) is 38.5 Å². The van der Waals surface area contributed by atoms with Crippen LogP contribution in [0.3, 0.4) is 0 Å². The molecule has 0 spiro atoms. The molecule has 1 aliphatic rings. The predicted molar refractivity (Wildman–Crippen MR) is 78.1 cm³/mol. The zero-order valence-corrected chi connectivity index (χ0v) is 12.7. The lowest BCUT2D eigenvalue weighted by atomic mass is 9.73. The number of aromatic nitrogens is 2. The Labute approximate surface area is 122 Å². The van der Waals surface area contributed by atoms with Gasteiger partial charge in [-0.25, -0.2) is 0 Å². The van der Waals surface area contributed by atoms with E-state index in [0.717, 1.165) is 31.0 Å². The van der Waals surface area contributed by atoms with Gasteiger partial charge in [-0.2, -0.15) is 4.98 Å². The van der Waals surface area contributed by atoms with E-state index in [4.69, 9.17) is 5.11 Å².